The molecule has 94 valence electrons. The lowest BCUT2D eigenvalue weighted by molar-refractivity contribution is 0.104. The third-order valence-electron chi connectivity index (χ3n) is 2.96. The van der Waals surface area contributed by atoms with Gasteiger partial charge in [0.25, 0.3) is 0 Å². The van der Waals surface area contributed by atoms with Gasteiger partial charge in [0.2, 0.25) is 0 Å². The second-order valence-electron chi connectivity index (χ2n) is 4.24. The fourth-order valence-corrected chi connectivity index (χ4v) is 3.39. The molecule has 0 spiro atoms. The van der Waals surface area contributed by atoms with E-state index in [4.69, 9.17) is 0 Å². The van der Waals surface area contributed by atoms with E-state index in [9.17, 15) is 4.79 Å². The van der Waals surface area contributed by atoms with Crippen molar-refractivity contribution >= 4 is 48.5 Å². The summed E-state index contributed by atoms with van der Waals surface area (Å²) in [6.45, 7) is 0. The third kappa shape index (κ3) is 2.38. The summed E-state index contributed by atoms with van der Waals surface area (Å²) in [7, 11) is 0. The molecule has 1 N–H and O–H groups in total. The SMILES string of the molecule is O=C(c1cc(Br)cc(Br)c1)c1c[nH]c2ccccc12. The monoisotopic (exact) mass is 377 g/mol. The second-order valence-corrected chi connectivity index (χ2v) is 6.07. The van der Waals surface area contributed by atoms with Crippen LogP contribution >= 0.6 is 31.9 Å². The van der Waals surface area contributed by atoms with Crippen LogP contribution in [0.2, 0.25) is 0 Å². The predicted octanol–water partition coefficient (Wildman–Crippen LogP) is 4.92. The molecule has 3 rings (SSSR count). The van der Waals surface area contributed by atoms with Gasteiger partial charge in [0.05, 0.1) is 0 Å². The van der Waals surface area contributed by atoms with Crippen LogP contribution < -0.4 is 0 Å². The zero-order valence-electron chi connectivity index (χ0n) is 9.78. The fourth-order valence-electron chi connectivity index (χ4n) is 2.10. The molecule has 0 aliphatic carbocycles. The number of hydrogen-bond acceptors (Lipinski definition) is 1. The average molecular weight is 379 g/mol. The normalized spacial score (nSPS) is 10.8. The summed E-state index contributed by atoms with van der Waals surface area (Å²) in [4.78, 5) is 15.7. The van der Waals surface area contributed by atoms with Crippen molar-refractivity contribution in [1.82, 2.24) is 4.98 Å². The van der Waals surface area contributed by atoms with Crippen LogP contribution in [0.25, 0.3) is 10.9 Å². The Balaban J connectivity index is 2.13. The minimum Gasteiger partial charge on any atom is -0.360 e. The Morgan fingerprint density at radius 2 is 1.68 bits per heavy atom. The van der Waals surface area contributed by atoms with Crippen molar-refractivity contribution < 1.29 is 4.79 Å². The number of aromatic amines is 1. The highest BCUT2D eigenvalue weighted by Gasteiger charge is 2.14. The number of carbonyl (C=O) groups is 1. The van der Waals surface area contributed by atoms with Crippen LogP contribution in [-0.2, 0) is 0 Å². The number of fused-ring (bicyclic) bond motifs is 1. The van der Waals surface area contributed by atoms with Crippen LogP contribution in [0.15, 0.2) is 57.6 Å². The number of carbonyl (C=O) groups excluding carboxylic acids is 1. The molecule has 0 saturated carbocycles. The lowest BCUT2D eigenvalue weighted by Gasteiger charge is -2.02. The van der Waals surface area contributed by atoms with E-state index in [1.807, 2.05) is 42.5 Å². The first kappa shape index (κ1) is 12.6. The van der Waals surface area contributed by atoms with E-state index in [0.29, 0.717) is 11.1 Å². The van der Waals surface area contributed by atoms with E-state index in [1.165, 1.54) is 0 Å². The number of para-hydroxylation sites is 1. The number of H-pyrrole nitrogens is 1. The van der Waals surface area contributed by atoms with Crippen LogP contribution in [-0.4, -0.2) is 10.8 Å². The fraction of sp³-hybridized carbons (Fsp3) is 0. The summed E-state index contributed by atoms with van der Waals surface area (Å²) in [5, 5.41) is 0.948. The molecule has 0 atom stereocenters. The van der Waals surface area contributed by atoms with Gasteiger partial charge < -0.3 is 4.98 Å². The van der Waals surface area contributed by atoms with Crippen LogP contribution in [0.5, 0.6) is 0 Å². The third-order valence-corrected chi connectivity index (χ3v) is 3.87. The lowest BCUT2D eigenvalue weighted by atomic mass is 10.0. The summed E-state index contributed by atoms with van der Waals surface area (Å²) in [5.41, 5.74) is 2.33. The van der Waals surface area contributed by atoms with Gasteiger partial charge in [-0.05, 0) is 24.3 Å². The van der Waals surface area contributed by atoms with Gasteiger partial charge in [-0.2, -0.15) is 0 Å². The van der Waals surface area contributed by atoms with Gasteiger partial charge in [-0.3, -0.25) is 4.79 Å². The maximum atomic E-state index is 12.6. The zero-order valence-corrected chi connectivity index (χ0v) is 13.0. The highest BCUT2D eigenvalue weighted by atomic mass is 79.9. The summed E-state index contributed by atoms with van der Waals surface area (Å²) >= 11 is 6.81. The van der Waals surface area contributed by atoms with E-state index in [1.54, 1.807) is 6.20 Å². The topological polar surface area (TPSA) is 32.9 Å². The number of aromatic nitrogens is 1. The Morgan fingerprint density at radius 1 is 1.00 bits per heavy atom. The summed E-state index contributed by atoms with van der Waals surface area (Å²) in [5.74, 6) is 0.0134. The van der Waals surface area contributed by atoms with Crippen LogP contribution in [0.4, 0.5) is 0 Å². The molecular weight excluding hydrogens is 370 g/mol. The molecule has 0 bridgehead atoms. The van der Waals surface area contributed by atoms with Crippen LogP contribution in [0.1, 0.15) is 15.9 Å². The highest BCUT2D eigenvalue weighted by molar-refractivity contribution is 9.11. The quantitative estimate of drug-likeness (QED) is 0.630. The van der Waals surface area contributed by atoms with Crippen molar-refractivity contribution in [3.63, 3.8) is 0 Å². The van der Waals surface area contributed by atoms with E-state index in [-0.39, 0.29) is 5.78 Å². The van der Waals surface area contributed by atoms with Crippen molar-refractivity contribution in [2.75, 3.05) is 0 Å². The van der Waals surface area contributed by atoms with Gasteiger partial charge in [0, 0.05) is 37.2 Å². The number of nitrogens with one attached hydrogen (secondary N) is 1. The first-order valence-electron chi connectivity index (χ1n) is 5.72. The van der Waals surface area contributed by atoms with Gasteiger partial charge in [-0.15, -0.1) is 0 Å². The smallest absolute Gasteiger partial charge is 0.195 e. The molecule has 1 heterocycles. The molecule has 2 aromatic carbocycles. The highest BCUT2D eigenvalue weighted by Crippen LogP contribution is 2.25. The van der Waals surface area contributed by atoms with Crippen LogP contribution in [0, 0.1) is 0 Å². The molecule has 0 saturated heterocycles. The molecule has 0 radical (unpaired) electrons. The molecule has 0 fully saturated rings. The Morgan fingerprint density at radius 3 is 2.42 bits per heavy atom. The molecule has 0 unspecified atom stereocenters. The van der Waals surface area contributed by atoms with Gasteiger partial charge in [-0.1, -0.05) is 50.1 Å². The number of ketones is 1. The number of rotatable bonds is 2. The Kier molecular flexibility index (Phi) is 3.29. The Hall–Kier alpha value is -1.39. The molecule has 2 nitrogen and oxygen atoms in total. The number of benzene rings is 2. The molecule has 3 aromatic rings. The summed E-state index contributed by atoms with van der Waals surface area (Å²) < 4.78 is 1.76. The largest absolute Gasteiger partial charge is 0.360 e. The van der Waals surface area contributed by atoms with E-state index in [2.05, 4.69) is 36.8 Å². The molecule has 1 aromatic heterocycles. The van der Waals surface area contributed by atoms with Crippen molar-refractivity contribution in [2.45, 2.75) is 0 Å². The maximum absolute atomic E-state index is 12.6. The van der Waals surface area contributed by atoms with Gasteiger partial charge in [-0.25, -0.2) is 0 Å². The van der Waals surface area contributed by atoms with E-state index in [0.717, 1.165) is 19.8 Å². The molecule has 0 aliphatic rings. The van der Waals surface area contributed by atoms with Crippen molar-refractivity contribution in [3.8, 4) is 0 Å². The van der Waals surface area contributed by atoms with E-state index >= 15 is 0 Å². The standard InChI is InChI=1S/C15H9Br2NO/c16-10-5-9(6-11(17)7-10)15(19)13-8-18-14-4-2-1-3-12(13)14/h1-8,18H. The first-order chi connectivity index (χ1) is 9.15. The number of hydrogen-bond donors (Lipinski definition) is 1. The average Bonchev–Trinajstić information content (AvgIpc) is 2.80. The Bertz CT molecular complexity index is 756. The Labute approximate surface area is 127 Å². The molecule has 0 amide bonds. The minimum atomic E-state index is 0.0134. The predicted molar refractivity (Wildman–Crippen MR) is 83.6 cm³/mol. The minimum absolute atomic E-state index is 0.0134. The zero-order chi connectivity index (χ0) is 13.4. The van der Waals surface area contributed by atoms with Gasteiger partial charge >= 0.3 is 0 Å². The van der Waals surface area contributed by atoms with Crippen LogP contribution in [0.3, 0.4) is 0 Å². The van der Waals surface area contributed by atoms with Gasteiger partial charge in [0.1, 0.15) is 0 Å². The lowest BCUT2D eigenvalue weighted by Crippen LogP contribution is -2.00. The number of halogens is 2. The van der Waals surface area contributed by atoms with E-state index < -0.39 is 0 Å². The summed E-state index contributed by atoms with van der Waals surface area (Å²) in [6, 6.07) is 13.4. The maximum Gasteiger partial charge on any atom is 0.195 e. The molecule has 0 aliphatic heterocycles. The molecule has 4 heteroatoms. The first-order valence-corrected chi connectivity index (χ1v) is 7.30. The summed E-state index contributed by atoms with van der Waals surface area (Å²) in [6.07, 6.45) is 1.77. The van der Waals surface area contributed by atoms with Crippen molar-refractivity contribution in [1.29, 1.82) is 0 Å². The molecule has 19 heavy (non-hydrogen) atoms. The van der Waals surface area contributed by atoms with Crippen molar-refractivity contribution in [2.24, 2.45) is 0 Å². The second kappa shape index (κ2) is 4.94. The molecular formula is C15H9Br2NO. The van der Waals surface area contributed by atoms with Gasteiger partial charge in [0.15, 0.2) is 5.78 Å². The van der Waals surface area contributed by atoms with Crippen molar-refractivity contribution in [3.05, 3.63) is 68.7 Å².